The molecule has 0 aliphatic carbocycles. The first-order chi connectivity index (χ1) is 12.0. The van der Waals surface area contributed by atoms with E-state index in [1.54, 1.807) is 13.1 Å². The van der Waals surface area contributed by atoms with Gasteiger partial charge < -0.3 is 0 Å². The van der Waals surface area contributed by atoms with E-state index in [-0.39, 0.29) is 24.5 Å². The standard InChI is InChI=1S/C17H14BrN3O2S2/c1-21(15(23)9-8-13(22)14-3-2-10-24-14)17-20-19-16(25-17)11-4-6-12(18)7-5-11/h2-7,10H,8-9H2,1H3. The molecule has 0 saturated heterocycles. The Labute approximate surface area is 161 Å². The summed E-state index contributed by atoms with van der Waals surface area (Å²) in [5, 5.41) is 11.4. The lowest BCUT2D eigenvalue weighted by Gasteiger charge is -2.12. The second kappa shape index (κ2) is 7.99. The van der Waals surface area contributed by atoms with Crippen LogP contribution in [-0.2, 0) is 4.79 Å². The van der Waals surface area contributed by atoms with E-state index in [0.717, 1.165) is 15.0 Å². The van der Waals surface area contributed by atoms with Gasteiger partial charge in [-0.2, -0.15) is 0 Å². The van der Waals surface area contributed by atoms with Crippen molar-refractivity contribution in [1.29, 1.82) is 0 Å². The van der Waals surface area contributed by atoms with E-state index in [1.807, 2.05) is 35.7 Å². The number of carbonyl (C=O) groups excluding carboxylic acids is 2. The average molecular weight is 436 g/mol. The van der Waals surface area contributed by atoms with E-state index in [0.29, 0.717) is 10.0 Å². The number of hydrogen-bond acceptors (Lipinski definition) is 6. The predicted octanol–water partition coefficient (Wildman–Crippen LogP) is 4.66. The van der Waals surface area contributed by atoms with Crippen molar-refractivity contribution >= 4 is 55.4 Å². The van der Waals surface area contributed by atoms with Crippen LogP contribution in [0.3, 0.4) is 0 Å². The van der Waals surface area contributed by atoms with E-state index in [9.17, 15) is 9.59 Å². The number of thiophene rings is 1. The third kappa shape index (κ3) is 4.39. The third-order valence-corrected chi connectivity index (χ3v) is 6.02. The van der Waals surface area contributed by atoms with Crippen LogP contribution >= 0.6 is 38.6 Å². The lowest BCUT2D eigenvalue weighted by molar-refractivity contribution is -0.118. The highest BCUT2D eigenvalue weighted by Crippen LogP contribution is 2.29. The molecule has 0 aliphatic heterocycles. The maximum atomic E-state index is 12.3. The molecule has 0 atom stereocenters. The maximum absolute atomic E-state index is 12.3. The van der Waals surface area contributed by atoms with Crippen molar-refractivity contribution in [2.45, 2.75) is 12.8 Å². The summed E-state index contributed by atoms with van der Waals surface area (Å²) < 4.78 is 0.990. The summed E-state index contributed by atoms with van der Waals surface area (Å²) in [7, 11) is 1.66. The first-order valence-corrected chi connectivity index (χ1v) is 9.96. The van der Waals surface area contributed by atoms with Crippen LogP contribution in [0, 0.1) is 0 Å². The Kier molecular flexibility index (Phi) is 5.72. The molecule has 0 unspecified atom stereocenters. The van der Waals surface area contributed by atoms with Gasteiger partial charge in [0.05, 0.1) is 4.88 Å². The predicted molar refractivity (Wildman–Crippen MR) is 104 cm³/mol. The Morgan fingerprint density at radius 1 is 1.12 bits per heavy atom. The Hall–Kier alpha value is -1.90. The number of amides is 1. The normalized spacial score (nSPS) is 10.6. The maximum Gasteiger partial charge on any atom is 0.229 e. The van der Waals surface area contributed by atoms with Gasteiger partial charge in [-0.25, -0.2) is 0 Å². The third-order valence-electron chi connectivity index (χ3n) is 3.53. The zero-order chi connectivity index (χ0) is 17.8. The molecule has 0 spiro atoms. The van der Waals surface area contributed by atoms with Crippen LogP contribution < -0.4 is 4.90 Å². The van der Waals surface area contributed by atoms with Gasteiger partial charge in [-0.3, -0.25) is 14.5 Å². The van der Waals surface area contributed by atoms with Gasteiger partial charge in [0.1, 0.15) is 5.01 Å². The van der Waals surface area contributed by atoms with E-state index < -0.39 is 0 Å². The summed E-state index contributed by atoms with van der Waals surface area (Å²) >= 11 is 6.13. The fourth-order valence-corrected chi connectivity index (χ4v) is 3.90. The summed E-state index contributed by atoms with van der Waals surface area (Å²) in [5.41, 5.74) is 0.945. The molecule has 5 nitrogen and oxygen atoms in total. The monoisotopic (exact) mass is 435 g/mol. The van der Waals surface area contributed by atoms with Gasteiger partial charge >= 0.3 is 0 Å². The lowest BCUT2D eigenvalue weighted by Crippen LogP contribution is -2.26. The molecule has 0 N–H and O–H groups in total. The Morgan fingerprint density at radius 2 is 1.88 bits per heavy atom. The van der Waals surface area contributed by atoms with Crippen LogP contribution in [0.4, 0.5) is 5.13 Å². The molecule has 0 bridgehead atoms. The first-order valence-electron chi connectivity index (χ1n) is 7.47. The highest BCUT2D eigenvalue weighted by Gasteiger charge is 2.18. The second-order valence-corrected chi connectivity index (χ2v) is 8.07. The van der Waals surface area contributed by atoms with Crippen LogP contribution in [0.25, 0.3) is 10.6 Å². The molecule has 3 rings (SSSR count). The van der Waals surface area contributed by atoms with Crippen molar-refractivity contribution in [3.05, 3.63) is 51.1 Å². The minimum Gasteiger partial charge on any atom is -0.293 e. The van der Waals surface area contributed by atoms with Crippen LogP contribution in [0.2, 0.25) is 0 Å². The number of hydrogen-bond donors (Lipinski definition) is 0. The molecule has 2 aromatic heterocycles. The van der Waals surface area contributed by atoms with Crippen molar-refractivity contribution in [2.75, 3.05) is 11.9 Å². The van der Waals surface area contributed by atoms with Gasteiger partial charge in [-0.05, 0) is 23.6 Å². The fourth-order valence-electron chi connectivity index (χ4n) is 2.12. The zero-order valence-electron chi connectivity index (χ0n) is 13.3. The van der Waals surface area contributed by atoms with Crippen molar-refractivity contribution in [1.82, 2.24) is 10.2 Å². The summed E-state index contributed by atoms with van der Waals surface area (Å²) in [6.45, 7) is 0. The Bertz CT molecular complexity index is 876. The van der Waals surface area contributed by atoms with E-state index >= 15 is 0 Å². The number of rotatable bonds is 6. The molecule has 0 radical (unpaired) electrons. The minimum absolute atomic E-state index is 0.00966. The summed E-state index contributed by atoms with van der Waals surface area (Å²) in [6.07, 6.45) is 0.350. The fraction of sp³-hybridized carbons (Fsp3) is 0.176. The molecule has 128 valence electrons. The quantitative estimate of drug-likeness (QED) is 0.528. The molecule has 0 fully saturated rings. The largest absolute Gasteiger partial charge is 0.293 e. The Morgan fingerprint density at radius 3 is 2.56 bits per heavy atom. The van der Waals surface area contributed by atoms with E-state index in [1.165, 1.54) is 27.6 Å². The van der Waals surface area contributed by atoms with Crippen molar-refractivity contribution < 1.29 is 9.59 Å². The highest BCUT2D eigenvalue weighted by molar-refractivity contribution is 9.10. The highest BCUT2D eigenvalue weighted by atomic mass is 79.9. The number of Topliss-reactive ketones (excluding diaryl/α,β-unsaturated/α-hetero) is 1. The molecule has 3 aromatic rings. The van der Waals surface area contributed by atoms with Crippen LogP contribution in [0.1, 0.15) is 22.5 Å². The molecule has 2 heterocycles. The van der Waals surface area contributed by atoms with Crippen molar-refractivity contribution in [2.24, 2.45) is 0 Å². The van der Waals surface area contributed by atoms with Gasteiger partial charge in [0.25, 0.3) is 0 Å². The van der Waals surface area contributed by atoms with Gasteiger partial charge in [-0.1, -0.05) is 45.5 Å². The molecule has 8 heteroatoms. The van der Waals surface area contributed by atoms with Crippen molar-refractivity contribution in [3.63, 3.8) is 0 Å². The van der Waals surface area contributed by atoms with Crippen LogP contribution in [0.15, 0.2) is 46.3 Å². The SMILES string of the molecule is CN(C(=O)CCC(=O)c1cccs1)c1nnc(-c2ccc(Br)cc2)s1. The van der Waals surface area contributed by atoms with Crippen LogP contribution in [-0.4, -0.2) is 28.9 Å². The van der Waals surface area contributed by atoms with Gasteiger partial charge in [0.15, 0.2) is 5.78 Å². The molecular formula is C17H14BrN3O2S2. The summed E-state index contributed by atoms with van der Waals surface area (Å²) in [4.78, 5) is 26.5. The number of halogens is 1. The van der Waals surface area contributed by atoms with Gasteiger partial charge in [-0.15, -0.1) is 21.5 Å². The van der Waals surface area contributed by atoms with Gasteiger partial charge in [0.2, 0.25) is 11.0 Å². The van der Waals surface area contributed by atoms with Gasteiger partial charge in [0, 0.05) is 29.9 Å². The number of carbonyl (C=O) groups is 2. The number of nitrogens with zero attached hydrogens (tertiary/aromatic N) is 3. The average Bonchev–Trinajstić information content (AvgIpc) is 3.31. The van der Waals surface area contributed by atoms with Crippen molar-refractivity contribution in [3.8, 4) is 10.6 Å². The van der Waals surface area contributed by atoms with E-state index in [2.05, 4.69) is 26.1 Å². The number of aromatic nitrogens is 2. The number of benzene rings is 1. The minimum atomic E-state index is -0.150. The number of ketones is 1. The molecule has 1 aromatic carbocycles. The summed E-state index contributed by atoms with van der Waals surface area (Å²) in [6, 6.07) is 11.3. The molecule has 0 aliphatic rings. The van der Waals surface area contributed by atoms with E-state index in [4.69, 9.17) is 0 Å². The zero-order valence-corrected chi connectivity index (χ0v) is 16.5. The molecule has 0 saturated carbocycles. The Balaban J connectivity index is 1.62. The summed E-state index contributed by atoms with van der Waals surface area (Å²) in [5.74, 6) is -0.159. The smallest absolute Gasteiger partial charge is 0.229 e. The molecule has 1 amide bonds. The van der Waals surface area contributed by atoms with Crippen LogP contribution in [0.5, 0.6) is 0 Å². The molecule has 25 heavy (non-hydrogen) atoms. The number of anilines is 1. The topological polar surface area (TPSA) is 63.2 Å². The first kappa shape index (κ1) is 17.9. The molecular weight excluding hydrogens is 422 g/mol. The lowest BCUT2D eigenvalue weighted by atomic mass is 10.2. The second-order valence-electron chi connectivity index (χ2n) is 5.25.